The molecule has 108 valence electrons. The summed E-state index contributed by atoms with van der Waals surface area (Å²) in [7, 11) is -3.40. The molecule has 1 fully saturated rings. The van der Waals surface area contributed by atoms with Gasteiger partial charge in [-0.25, -0.2) is 0 Å². The van der Waals surface area contributed by atoms with E-state index in [0.717, 1.165) is 32.1 Å². The fraction of sp³-hybridized carbons (Fsp3) is 1.00. The largest absolute Gasteiger partial charge is 0.395 e. The minimum atomic E-state index is -3.40. The molecule has 1 aliphatic rings. The third-order valence-corrected chi connectivity index (χ3v) is 5.46. The molecule has 1 rings (SSSR count). The highest BCUT2D eigenvalue weighted by Crippen LogP contribution is 2.28. The van der Waals surface area contributed by atoms with E-state index in [2.05, 4.69) is 0 Å². The van der Waals surface area contributed by atoms with Crippen molar-refractivity contribution in [2.45, 2.75) is 52.0 Å². The van der Waals surface area contributed by atoms with Gasteiger partial charge in [-0.2, -0.15) is 17.0 Å². The van der Waals surface area contributed by atoms with E-state index in [1.165, 1.54) is 4.31 Å². The van der Waals surface area contributed by atoms with Gasteiger partial charge in [0.05, 0.1) is 6.61 Å². The van der Waals surface area contributed by atoms with Crippen molar-refractivity contribution < 1.29 is 13.5 Å². The number of rotatable bonds is 9. The zero-order chi connectivity index (χ0) is 13.6. The summed E-state index contributed by atoms with van der Waals surface area (Å²) in [6.45, 7) is 5.20. The van der Waals surface area contributed by atoms with Crippen LogP contribution >= 0.6 is 0 Å². The molecule has 0 aromatic rings. The van der Waals surface area contributed by atoms with E-state index in [-0.39, 0.29) is 19.2 Å². The quantitative estimate of drug-likeness (QED) is 0.689. The van der Waals surface area contributed by atoms with Crippen molar-refractivity contribution in [1.29, 1.82) is 0 Å². The van der Waals surface area contributed by atoms with Gasteiger partial charge >= 0.3 is 0 Å². The molecule has 0 bridgehead atoms. The van der Waals surface area contributed by atoms with E-state index >= 15 is 0 Å². The maximum absolute atomic E-state index is 12.6. The lowest BCUT2D eigenvalue weighted by Gasteiger charge is -2.39. The average Bonchev–Trinajstić information content (AvgIpc) is 2.26. The van der Waals surface area contributed by atoms with E-state index in [4.69, 9.17) is 5.11 Å². The molecule has 6 heteroatoms. The van der Waals surface area contributed by atoms with Crippen LogP contribution in [0.4, 0.5) is 0 Å². The monoisotopic (exact) mass is 278 g/mol. The van der Waals surface area contributed by atoms with Crippen molar-refractivity contribution in [3.63, 3.8) is 0 Å². The highest BCUT2D eigenvalue weighted by molar-refractivity contribution is 7.86. The topological polar surface area (TPSA) is 60.9 Å². The van der Waals surface area contributed by atoms with Gasteiger partial charge in [0.2, 0.25) is 0 Å². The van der Waals surface area contributed by atoms with E-state index in [9.17, 15) is 8.42 Å². The number of hydrogen-bond acceptors (Lipinski definition) is 3. The van der Waals surface area contributed by atoms with E-state index in [0.29, 0.717) is 13.1 Å². The lowest BCUT2D eigenvalue weighted by molar-refractivity contribution is 0.167. The van der Waals surface area contributed by atoms with Crippen LogP contribution in [0.3, 0.4) is 0 Å². The van der Waals surface area contributed by atoms with Gasteiger partial charge in [-0.1, -0.05) is 20.3 Å². The first-order chi connectivity index (χ1) is 8.57. The molecular weight excluding hydrogens is 252 g/mol. The molecule has 0 radical (unpaired) electrons. The summed E-state index contributed by atoms with van der Waals surface area (Å²) in [6, 6.07) is 0.0957. The molecule has 0 saturated heterocycles. The summed E-state index contributed by atoms with van der Waals surface area (Å²) in [4.78, 5) is 0. The molecule has 0 unspecified atom stereocenters. The smallest absolute Gasteiger partial charge is 0.282 e. The summed E-state index contributed by atoms with van der Waals surface area (Å²) >= 11 is 0. The summed E-state index contributed by atoms with van der Waals surface area (Å²) in [5.41, 5.74) is 0. The molecule has 0 heterocycles. The average molecular weight is 278 g/mol. The van der Waals surface area contributed by atoms with Crippen LogP contribution in [0.5, 0.6) is 0 Å². The van der Waals surface area contributed by atoms with Crippen molar-refractivity contribution in [3.05, 3.63) is 0 Å². The summed E-state index contributed by atoms with van der Waals surface area (Å²) in [6.07, 6.45) is 4.56. The SMILES string of the molecule is CCCN(CCC)S(=O)(=O)N(CCO)C1CCC1. The first-order valence-electron chi connectivity index (χ1n) is 6.95. The van der Waals surface area contributed by atoms with Gasteiger partial charge < -0.3 is 5.11 Å². The maximum atomic E-state index is 12.6. The van der Waals surface area contributed by atoms with Gasteiger partial charge in [-0.15, -0.1) is 0 Å². The summed E-state index contributed by atoms with van der Waals surface area (Å²) < 4.78 is 28.2. The minimum absolute atomic E-state index is 0.0957. The molecule has 0 aromatic carbocycles. The van der Waals surface area contributed by atoms with Gasteiger partial charge in [0.15, 0.2) is 0 Å². The Bertz CT molecular complexity index is 322. The lowest BCUT2D eigenvalue weighted by atomic mass is 9.93. The highest BCUT2D eigenvalue weighted by Gasteiger charge is 2.36. The first kappa shape index (κ1) is 15.9. The van der Waals surface area contributed by atoms with Crippen LogP contribution in [-0.2, 0) is 10.2 Å². The van der Waals surface area contributed by atoms with Crippen LogP contribution in [-0.4, -0.2) is 54.4 Å². The molecule has 0 aliphatic heterocycles. The Balaban J connectivity index is 2.82. The van der Waals surface area contributed by atoms with Gasteiger partial charge in [-0.05, 0) is 25.7 Å². The fourth-order valence-electron chi connectivity index (χ4n) is 2.25. The van der Waals surface area contributed by atoms with Crippen LogP contribution in [0.15, 0.2) is 0 Å². The van der Waals surface area contributed by atoms with Crippen molar-refractivity contribution in [2.24, 2.45) is 0 Å². The normalized spacial score (nSPS) is 17.4. The number of hydrogen-bond donors (Lipinski definition) is 1. The number of aliphatic hydroxyl groups excluding tert-OH is 1. The van der Waals surface area contributed by atoms with E-state index in [1.54, 1.807) is 4.31 Å². The molecule has 18 heavy (non-hydrogen) atoms. The molecule has 0 spiro atoms. The van der Waals surface area contributed by atoms with Crippen molar-refractivity contribution in [1.82, 2.24) is 8.61 Å². The van der Waals surface area contributed by atoms with E-state index < -0.39 is 10.2 Å². The third kappa shape index (κ3) is 3.66. The van der Waals surface area contributed by atoms with Crippen LogP contribution < -0.4 is 0 Å². The van der Waals surface area contributed by atoms with Crippen molar-refractivity contribution >= 4 is 10.2 Å². The standard InChI is InChI=1S/C12H26N2O3S/c1-3-8-13(9-4-2)18(16,17)14(10-11-15)12-6-5-7-12/h12,15H,3-11H2,1-2H3. The first-order valence-corrected chi connectivity index (χ1v) is 8.35. The van der Waals surface area contributed by atoms with Crippen LogP contribution in [0, 0.1) is 0 Å². The minimum Gasteiger partial charge on any atom is -0.395 e. The molecule has 0 aromatic heterocycles. The Morgan fingerprint density at radius 3 is 2.00 bits per heavy atom. The zero-order valence-electron chi connectivity index (χ0n) is 11.5. The summed E-state index contributed by atoms with van der Waals surface area (Å²) in [5, 5.41) is 9.09. The number of aliphatic hydroxyl groups is 1. The third-order valence-electron chi connectivity index (χ3n) is 3.37. The van der Waals surface area contributed by atoms with Crippen LogP contribution in [0.2, 0.25) is 0 Å². The van der Waals surface area contributed by atoms with E-state index in [1.807, 2.05) is 13.8 Å². The fourth-order valence-corrected chi connectivity index (χ4v) is 4.27. The Hall–Kier alpha value is -0.170. The second-order valence-corrected chi connectivity index (χ2v) is 6.71. The van der Waals surface area contributed by atoms with Crippen LogP contribution in [0.25, 0.3) is 0 Å². The maximum Gasteiger partial charge on any atom is 0.282 e. The zero-order valence-corrected chi connectivity index (χ0v) is 12.3. The molecule has 5 nitrogen and oxygen atoms in total. The van der Waals surface area contributed by atoms with Gasteiger partial charge in [-0.3, -0.25) is 0 Å². The summed E-state index contributed by atoms with van der Waals surface area (Å²) in [5.74, 6) is 0. The Kier molecular flexibility index (Phi) is 6.55. The van der Waals surface area contributed by atoms with Gasteiger partial charge in [0, 0.05) is 25.7 Å². The predicted octanol–water partition coefficient (Wildman–Crippen LogP) is 1.20. The Morgan fingerprint density at radius 1 is 1.11 bits per heavy atom. The highest BCUT2D eigenvalue weighted by atomic mass is 32.2. The van der Waals surface area contributed by atoms with Crippen LogP contribution in [0.1, 0.15) is 46.0 Å². The van der Waals surface area contributed by atoms with Crippen molar-refractivity contribution in [3.8, 4) is 0 Å². The molecular formula is C12H26N2O3S. The molecule has 0 atom stereocenters. The molecule has 1 saturated carbocycles. The second-order valence-electron chi connectivity index (χ2n) is 4.83. The van der Waals surface area contributed by atoms with Crippen molar-refractivity contribution in [2.75, 3.05) is 26.2 Å². The Morgan fingerprint density at radius 2 is 1.67 bits per heavy atom. The lowest BCUT2D eigenvalue weighted by Crippen LogP contribution is -2.52. The second kappa shape index (κ2) is 7.43. The number of nitrogens with zero attached hydrogens (tertiary/aromatic N) is 2. The molecule has 1 aliphatic carbocycles. The molecule has 0 amide bonds. The van der Waals surface area contributed by atoms with Gasteiger partial charge in [0.1, 0.15) is 0 Å². The predicted molar refractivity (Wildman–Crippen MR) is 72.5 cm³/mol. The van der Waals surface area contributed by atoms with Gasteiger partial charge in [0.25, 0.3) is 10.2 Å². The molecule has 1 N–H and O–H groups in total. The Labute approximate surface area is 111 Å².